The number of rotatable bonds is 5. The number of carbonyl (C=O) groups is 1. The van der Waals surface area contributed by atoms with Crippen LogP contribution in [0.3, 0.4) is 0 Å². The molecule has 0 spiro atoms. The van der Waals surface area contributed by atoms with E-state index in [1.54, 1.807) is 12.3 Å². The first-order valence-electron chi connectivity index (χ1n) is 9.86. The van der Waals surface area contributed by atoms with Gasteiger partial charge in [0.2, 0.25) is 5.91 Å². The van der Waals surface area contributed by atoms with Crippen molar-refractivity contribution in [2.24, 2.45) is 0 Å². The Labute approximate surface area is 178 Å². The Bertz CT molecular complexity index is 1250. The number of benzene rings is 2. The Kier molecular flexibility index (Phi) is 4.77. The molecule has 1 saturated heterocycles. The van der Waals surface area contributed by atoms with E-state index in [4.69, 9.17) is 17.3 Å². The number of likely N-dealkylation sites (tertiary alicyclic amines) is 1. The molecular weight excluding hydrogens is 400 g/mol. The lowest BCUT2D eigenvalue weighted by molar-refractivity contribution is -0.129. The van der Waals surface area contributed by atoms with E-state index in [2.05, 4.69) is 20.3 Å². The third kappa shape index (κ3) is 3.58. The summed E-state index contributed by atoms with van der Waals surface area (Å²) in [5.41, 5.74) is 10.4. The smallest absolute Gasteiger partial charge is 0.240 e. The van der Waals surface area contributed by atoms with E-state index in [1.807, 2.05) is 41.3 Å². The minimum Gasteiger partial charge on any atom is -0.398 e. The molecule has 0 aliphatic carbocycles. The topological polar surface area (TPSA) is 99.9 Å². The van der Waals surface area contributed by atoms with Crippen LogP contribution in [0, 0.1) is 0 Å². The fourth-order valence-electron chi connectivity index (χ4n) is 3.96. The van der Waals surface area contributed by atoms with E-state index < -0.39 is 0 Å². The third-order valence-electron chi connectivity index (χ3n) is 5.52. The maximum atomic E-state index is 12.8. The summed E-state index contributed by atoms with van der Waals surface area (Å²) in [6.45, 7) is 1.77. The highest BCUT2D eigenvalue weighted by atomic mass is 35.5. The van der Waals surface area contributed by atoms with E-state index in [0.717, 1.165) is 39.7 Å². The van der Waals surface area contributed by atoms with Gasteiger partial charge in [-0.25, -0.2) is 4.98 Å². The van der Waals surface area contributed by atoms with Crippen LogP contribution in [0.5, 0.6) is 0 Å². The van der Waals surface area contributed by atoms with Crippen LogP contribution >= 0.6 is 11.6 Å². The lowest BCUT2D eigenvalue weighted by atomic mass is 10.1. The molecule has 3 heterocycles. The lowest BCUT2D eigenvalue weighted by Gasteiger charge is -2.17. The van der Waals surface area contributed by atoms with Gasteiger partial charge in [0.05, 0.1) is 29.1 Å². The molecule has 5 rings (SSSR count). The zero-order valence-electron chi connectivity index (χ0n) is 16.2. The number of aromatic amines is 1. The first-order valence-corrected chi connectivity index (χ1v) is 10.2. The van der Waals surface area contributed by atoms with Crippen molar-refractivity contribution in [3.8, 4) is 0 Å². The second-order valence-corrected chi connectivity index (χ2v) is 8.02. The Morgan fingerprint density at radius 3 is 3.00 bits per heavy atom. The first kappa shape index (κ1) is 18.8. The van der Waals surface area contributed by atoms with Crippen molar-refractivity contribution in [3.05, 3.63) is 65.1 Å². The van der Waals surface area contributed by atoms with Crippen LogP contribution in [-0.4, -0.2) is 38.3 Å². The lowest BCUT2D eigenvalue weighted by Crippen LogP contribution is -2.37. The summed E-state index contributed by atoms with van der Waals surface area (Å²) in [7, 11) is 0. The Morgan fingerprint density at radius 1 is 1.20 bits per heavy atom. The van der Waals surface area contributed by atoms with Crippen molar-refractivity contribution < 1.29 is 4.79 Å². The fraction of sp³-hybridized carbons (Fsp3) is 0.227. The number of amides is 1. The van der Waals surface area contributed by atoms with E-state index in [1.165, 1.54) is 0 Å². The maximum Gasteiger partial charge on any atom is 0.240 e. The van der Waals surface area contributed by atoms with Crippen molar-refractivity contribution >= 4 is 45.1 Å². The number of hydrogen-bond acceptors (Lipinski definition) is 5. The number of aromatic nitrogens is 3. The molecule has 4 N–H and O–H groups in total. The third-order valence-corrected chi connectivity index (χ3v) is 5.76. The highest BCUT2D eigenvalue weighted by Crippen LogP contribution is 2.22. The first-order chi connectivity index (χ1) is 14.6. The number of nitrogens with two attached hydrogens (primary N) is 1. The second kappa shape index (κ2) is 7.59. The molecule has 0 saturated carbocycles. The van der Waals surface area contributed by atoms with E-state index in [0.29, 0.717) is 30.3 Å². The molecule has 0 unspecified atom stereocenters. The zero-order valence-corrected chi connectivity index (χ0v) is 17.0. The predicted molar refractivity (Wildman–Crippen MR) is 118 cm³/mol. The number of halogens is 1. The van der Waals surface area contributed by atoms with Crippen molar-refractivity contribution in [3.63, 3.8) is 0 Å². The van der Waals surface area contributed by atoms with Crippen molar-refractivity contribution in [1.82, 2.24) is 25.2 Å². The van der Waals surface area contributed by atoms with Gasteiger partial charge in [0.15, 0.2) is 0 Å². The van der Waals surface area contributed by atoms with Gasteiger partial charge in [-0.1, -0.05) is 23.7 Å². The summed E-state index contributed by atoms with van der Waals surface area (Å²) in [6, 6.07) is 13.1. The number of hydrogen-bond donors (Lipinski definition) is 3. The van der Waals surface area contributed by atoms with Gasteiger partial charge >= 0.3 is 0 Å². The van der Waals surface area contributed by atoms with Gasteiger partial charge in [0, 0.05) is 35.4 Å². The molecule has 0 radical (unpaired) electrons. The predicted octanol–water partition coefficient (Wildman–Crippen LogP) is 3.24. The molecular formula is C22H21ClN6O. The highest BCUT2D eigenvalue weighted by Gasteiger charge is 2.31. The summed E-state index contributed by atoms with van der Waals surface area (Å²) in [5.74, 6) is 0.895. The second-order valence-electron chi connectivity index (χ2n) is 7.58. The van der Waals surface area contributed by atoms with Crippen LogP contribution < -0.4 is 11.1 Å². The highest BCUT2D eigenvalue weighted by molar-refractivity contribution is 6.31. The van der Waals surface area contributed by atoms with Gasteiger partial charge in [-0.05, 0) is 42.3 Å². The standard InChI is InChI=1S/C22H21ClN6O/c23-14-2-4-17-20(10-14)28-21(27-17)11-26-18-6-8-29(22(18)30)12-13-1-3-15-16(24)5-7-25-19(15)9-13/h1-5,7,9-10,18,26H,6,8,11-12H2,(H2,24,25)(H,27,28)/t18-/m0/s1. The van der Waals surface area contributed by atoms with Crippen LogP contribution in [0.25, 0.3) is 21.9 Å². The molecule has 1 aliphatic rings. The molecule has 4 aromatic rings. The average molecular weight is 421 g/mol. The molecule has 7 nitrogen and oxygen atoms in total. The fourth-order valence-corrected chi connectivity index (χ4v) is 4.13. The molecule has 1 amide bonds. The van der Waals surface area contributed by atoms with Crippen molar-refractivity contribution in [2.45, 2.75) is 25.6 Å². The quantitative estimate of drug-likeness (QED) is 0.460. The number of nitrogen functional groups attached to an aromatic ring is 1. The van der Waals surface area contributed by atoms with Crippen molar-refractivity contribution in [2.75, 3.05) is 12.3 Å². The van der Waals surface area contributed by atoms with Crippen molar-refractivity contribution in [1.29, 1.82) is 0 Å². The number of anilines is 1. The summed E-state index contributed by atoms with van der Waals surface area (Å²) < 4.78 is 0. The van der Waals surface area contributed by atoms with Gasteiger partial charge < -0.3 is 15.6 Å². The van der Waals surface area contributed by atoms with E-state index in [9.17, 15) is 4.79 Å². The Balaban J connectivity index is 1.23. The number of H-pyrrole nitrogens is 1. The van der Waals surface area contributed by atoms with Gasteiger partial charge in [-0.3, -0.25) is 15.1 Å². The summed E-state index contributed by atoms with van der Waals surface area (Å²) in [4.78, 5) is 26.9. The monoisotopic (exact) mass is 420 g/mol. The van der Waals surface area contributed by atoms with Crippen LogP contribution in [0.4, 0.5) is 5.69 Å². The Morgan fingerprint density at radius 2 is 2.10 bits per heavy atom. The molecule has 1 fully saturated rings. The zero-order chi connectivity index (χ0) is 20.7. The summed E-state index contributed by atoms with van der Waals surface area (Å²) >= 11 is 6.03. The molecule has 152 valence electrons. The largest absolute Gasteiger partial charge is 0.398 e. The number of carbonyl (C=O) groups excluding carboxylic acids is 1. The maximum absolute atomic E-state index is 12.8. The van der Waals surface area contributed by atoms with E-state index >= 15 is 0 Å². The average Bonchev–Trinajstić information content (AvgIpc) is 3.29. The SMILES string of the molecule is Nc1ccnc2cc(CN3CC[C@H](NCc4nc5ccc(Cl)cc5[nH]4)C3=O)ccc12. The van der Waals surface area contributed by atoms with Gasteiger partial charge in [-0.2, -0.15) is 0 Å². The van der Waals surface area contributed by atoms with Crippen LogP contribution in [0.15, 0.2) is 48.7 Å². The van der Waals surface area contributed by atoms with E-state index in [-0.39, 0.29) is 11.9 Å². The number of fused-ring (bicyclic) bond motifs is 2. The Hall–Kier alpha value is -3.16. The van der Waals surface area contributed by atoms with Gasteiger partial charge in [-0.15, -0.1) is 0 Å². The number of nitrogens with one attached hydrogen (secondary N) is 2. The molecule has 2 aromatic carbocycles. The molecule has 8 heteroatoms. The number of nitrogens with zero attached hydrogens (tertiary/aromatic N) is 3. The summed E-state index contributed by atoms with van der Waals surface area (Å²) in [6.07, 6.45) is 2.47. The molecule has 1 atom stereocenters. The number of imidazole rings is 1. The minimum atomic E-state index is -0.212. The minimum absolute atomic E-state index is 0.106. The molecule has 30 heavy (non-hydrogen) atoms. The molecule has 0 bridgehead atoms. The van der Waals surface area contributed by atoms with Crippen LogP contribution in [-0.2, 0) is 17.9 Å². The normalized spacial score (nSPS) is 16.8. The molecule has 2 aromatic heterocycles. The number of pyridine rings is 1. The molecule has 1 aliphatic heterocycles. The summed E-state index contributed by atoms with van der Waals surface area (Å²) in [5, 5.41) is 4.93. The van der Waals surface area contributed by atoms with Crippen LogP contribution in [0.2, 0.25) is 5.02 Å². The van der Waals surface area contributed by atoms with Crippen LogP contribution in [0.1, 0.15) is 17.8 Å². The van der Waals surface area contributed by atoms with Gasteiger partial charge in [0.25, 0.3) is 0 Å². The van der Waals surface area contributed by atoms with Gasteiger partial charge in [0.1, 0.15) is 5.82 Å².